The molecule has 1 unspecified atom stereocenters. The predicted molar refractivity (Wildman–Crippen MR) is 68.6 cm³/mol. The van der Waals surface area contributed by atoms with Gasteiger partial charge in [-0.25, -0.2) is 0 Å². The number of hydrogen-bond acceptors (Lipinski definition) is 3. The van der Waals surface area contributed by atoms with Crippen LogP contribution in [0.2, 0.25) is 0 Å². The molecule has 0 radical (unpaired) electrons. The van der Waals surface area contributed by atoms with Crippen LogP contribution < -0.4 is 5.73 Å². The molecule has 0 aromatic rings. The molecule has 0 bridgehead atoms. The lowest BCUT2D eigenvalue weighted by Gasteiger charge is -2.28. The third kappa shape index (κ3) is 5.04. The highest BCUT2D eigenvalue weighted by Gasteiger charge is 2.20. The molecule has 0 aromatic heterocycles. The molecule has 2 N–H and O–H groups in total. The van der Waals surface area contributed by atoms with Crippen molar-refractivity contribution in [2.75, 3.05) is 33.4 Å². The molecule has 0 saturated carbocycles. The smallest absolute Gasteiger partial charge is 0.222 e. The van der Waals surface area contributed by atoms with E-state index in [1.807, 2.05) is 11.9 Å². The molecule has 1 atom stereocenters. The number of carbonyl (C=O) groups is 1. The lowest BCUT2D eigenvalue weighted by Crippen LogP contribution is -2.35. The third-order valence-electron chi connectivity index (χ3n) is 3.67. The first-order chi connectivity index (χ1) is 8.17. The zero-order valence-corrected chi connectivity index (χ0v) is 11.2. The summed E-state index contributed by atoms with van der Waals surface area (Å²) in [6.07, 6.45) is 3.72. The molecule has 1 rings (SSSR count). The first kappa shape index (κ1) is 14.5. The van der Waals surface area contributed by atoms with Crippen LogP contribution in [0.1, 0.15) is 32.6 Å². The van der Waals surface area contributed by atoms with Gasteiger partial charge in [-0.05, 0) is 31.2 Å². The van der Waals surface area contributed by atoms with Crippen LogP contribution in [0.5, 0.6) is 0 Å². The zero-order valence-electron chi connectivity index (χ0n) is 11.2. The number of rotatable bonds is 6. The molecule has 1 aliphatic heterocycles. The lowest BCUT2D eigenvalue weighted by molar-refractivity contribution is -0.131. The van der Waals surface area contributed by atoms with Crippen LogP contribution >= 0.6 is 0 Å². The Morgan fingerprint density at radius 1 is 1.47 bits per heavy atom. The quantitative estimate of drug-likeness (QED) is 0.762. The predicted octanol–water partition coefficient (Wildman–Crippen LogP) is 1.25. The van der Waals surface area contributed by atoms with Crippen LogP contribution in [0.3, 0.4) is 0 Å². The summed E-state index contributed by atoms with van der Waals surface area (Å²) in [4.78, 5) is 13.9. The molecule has 1 aliphatic rings. The number of amides is 1. The van der Waals surface area contributed by atoms with Crippen LogP contribution in [-0.2, 0) is 9.53 Å². The second kappa shape index (κ2) is 7.67. The molecule has 1 amide bonds. The molecule has 1 fully saturated rings. The summed E-state index contributed by atoms with van der Waals surface area (Å²) in [6, 6.07) is 0. The molecule has 0 spiro atoms. The molecular formula is C13H26N2O2. The Morgan fingerprint density at radius 3 is 2.65 bits per heavy atom. The van der Waals surface area contributed by atoms with Gasteiger partial charge in [0, 0.05) is 33.2 Å². The van der Waals surface area contributed by atoms with Crippen molar-refractivity contribution in [1.82, 2.24) is 4.90 Å². The van der Waals surface area contributed by atoms with Crippen LogP contribution in [0, 0.1) is 11.8 Å². The van der Waals surface area contributed by atoms with Crippen molar-refractivity contribution >= 4 is 5.91 Å². The number of ether oxygens (including phenoxy) is 1. The second-order valence-electron chi connectivity index (χ2n) is 5.04. The zero-order chi connectivity index (χ0) is 12.7. The first-order valence-electron chi connectivity index (χ1n) is 6.69. The Bertz CT molecular complexity index is 223. The summed E-state index contributed by atoms with van der Waals surface area (Å²) in [5.41, 5.74) is 5.63. The summed E-state index contributed by atoms with van der Waals surface area (Å²) in [7, 11) is 1.90. The van der Waals surface area contributed by atoms with Crippen molar-refractivity contribution in [3.63, 3.8) is 0 Å². The Labute approximate surface area is 104 Å². The van der Waals surface area contributed by atoms with Crippen molar-refractivity contribution < 1.29 is 9.53 Å². The summed E-state index contributed by atoms with van der Waals surface area (Å²) < 4.78 is 5.32. The van der Waals surface area contributed by atoms with Gasteiger partial charge in [-0.2, -0.15) is 0 Å². The number of nitrogens with zero attached hydrogens (tertiary/aromatic N) is 1. The molecule has 17 heavy (non-hydrogen) atoms. The van der Waals surface area contributed by atoms with Gasteiger partial charge < -0.3 is 15.4 Å². The number of nitrogens with two attached hydrogens (primary N) is 1. The topological polar surface area (TPSA) is 55.6 Å². The van der Waals surface area contributed by atoms with Crippen molar-refractivity contribution in [2.45, 2.75) is 32.6 Å². The number of hydrogen-bond donors (Lipinski definition) is 1. The largest absolute Gasteiger partial charge is 0.381 e. The summed E-state index contributed by atoms with van der Waals surface area (Å²) in [6.45, 7) is 5.24. The maximum absolute atomic E-state index is 12.0. The minimum atomic E-state index is 0.230. The molecule has 1 heterocycles. The fourth-order valence-corrected chi connectivity index (χ4v) is 2.22. The fourth-order valence-electron chi connectivity index (χ4n) is 2.22. The van der Waals surface area contributed by atoms with E-state index in [1.54, 1.807) is 0 Å². The monoisotopic (exact) mass is 242 g/mol. The van der Waals surface area contributed by atoms with Crippen molar-refractivity contribution in [1.29, 1.82) is 0 Å². The van der Waals surface area contributed by atoms with Gasteiger partial charge >= 0.3 is 0 Å². The van der Waals surface area contributed by atoms with Gasteiger partial charge in [0.05, 0.1) is 0 Å². The maximum atomic E-state index is 12.0. The molecule has 4 heteroatoms. The van der Waals surface area contributed by atoms with Gasteiger partial charge in [-0.15, -0.1) is 0 Å². The van der Waals surface area contributed by atoms with E-state index in [4.69, 9.17) is 10.5 Å². The van der Waals surface area contributed by atoms with Gasteiger partial charge in [0.25, 0.3) is 0 Å². The minimum Gasteiger partial charge on any atom is -0.381 e. The average molecular weight is 242 g/mol. The van der Waals surface area contributed by atoms with E-state index >= 15 is 0 Å². The van der Waals surface area contributed by atoms with Gasteiger partial charge in [-0.3, -0.25) is 4.79 Å². The van der Waals surface area contributed by atoms with Gasteiger partial charge in [0.1, 0.15) is 0 Å². The number of carbonyl (C=O) groups excluding carboxylic acids is 1. The highest BCUT2D eigenvalue weighted by Crippen LogP contribution is 2.16. The standard InChI is InChI=1S/C13H26N2O2/c1-3-11(9-14)8-13(16)15(2)10-12-4-6-17-7-5-12/h11-12H,3-10,14H2,1-2H3. The molecule has 0 aliphatic carbocycles. The SMILES string of the molecule is CCC(CN)CC(=O)N(C)CC1CCOCC1. The Kier molecular flexibility index (Phi) is 6.52. The molecule has 4 nitrogen and oxygen atoms in total. The van der Waals surface area contributed by atoms with Crippen LogP contribution in [0.4, 0.5) is 0 Å². The van der Waals surface area contributed by atoms with Crippen LogP contribution in [0.15, 0.2) is 0 Å². The van der Waals surface area contributed by atoms with E-state index in [9.17, 15) is 4.79 Å². The molecule has 0 aromatic carbocycles. The van der Waals surface area contributed by atoms with Crippen molar-refractivity contribution in [3.05, 3.63) is 0 Å². The van der Waals surface area contributed by atoms with E-state index in [1.165, 1.54) is 0 Å². The van der Waals surface area contributed by atoms with Crippen molar-refractivity contribution in [3.8, 4) is 0 Å². The Hall–Kier alpha value is -0.610. The second-order valence-corrected chi connectivity index (χ2v) is 5.04. The van der Waals surface area contributed by atoms with Crippen LogP contribution in [0.25, 0.3) is 0 Å². The third-order valence-corrected chi connectivity index (χ3v) is 3.67. The average Bonchev–Trinajstić information content (AvgIpc) is 2.36. The summed E-state index contributed by atoms with van der Waals surface area (Å²) >= 11 is 0. The molecule has 100 valence electrons. The lowest BCUT2D eigenvalue weighted by atomic mass is 9.98. The Morgan fingerprint density at radius 2 is 2.12 bits per heavy atom. The fraction of sp³-hybridized carbons (Fsp3) is 0.923. The van der Waals surface area contributed by atoms with Crippen molar-refractivity contribution in [2.24, 2.45) is 17.6 Å². The van der Waals surface area contributed by atoms with Gasteiger partial charge in [0.2, 0.25) is 5.91 Å². The highest BCUT2D eigenvalue weighted by molar-refractivity contribution is 5.76. The summed E-state index contributed by atoms with van der Waals surface area (Å²) in [5, 5.41) is 0. The van der Waals surface area contributed by atoms with Crippen LogP contribution in [-0.4, -0.2) is 44.2 Å². The van der Waals surface area contributed by atoms with Gasteiger partial charge in [0.15, 0.2) is 0 Å². The highest BCUT2D eigenvalue weighted by atomic mass is 16.5. The van der Waals surface area contributed by atoms with E-state index in [-0.39, 0.29) is 5.91 Å². The van der Waals surface area contributed by atoms with E-state index < -0.39 is 0 Å². The maximum Gasteiger partial charge on any atom is 0.222 e. The first-order valence-corrected chi connectivity index (χ1v) is 6.69. The molecular weight excluding hydrogens is 216 g/mol. The van der Waals surface area contributed by atoms with E-state index in [0.717, 1.165) is 39.0 Å². The normalized spacial score (nSPS) is 19.0. The molecule has 1 saturated heterocycles. The Balaban J connectivity index is 2.30. The van der Waals surface area contributed by atoms with E-state index in [0.29, 0.717) is 24.8 Å². The minimum absolute atomic E-state index is 0.230. The van der Waals surface area contributed by atoms with E-state index in [2.05, 4.69) is 6.92 Å². The summed E-state index contributed by atoms with van der Waals surface area (Å²) in [5.74, 6) is 1.17. The van der Waals surface area contributed by atoms with Gasteiger partial charge in [-0.1, -0.05) is 13.3 Å².